The highest BCUT2D eigenvalue weighted by molar-refractivity contribution is 9.10. The lowest BCUT2D eigenvalue weighted by molar-refractivity contribution is 0.0160. The van der Waals surface area contributed by atoms with Crippen molar-refractivity contribution in [2.75, 3.05) is 13.1 Å². The Morgan fingerprint density at radius 3 is 2.84 bits per heavy atom. The second-order valence-corrected chi connectivity index (χ2v) is 6.52. The van der Waals surface area contributed by atoms with E-state index in [2.05, 4.69) is 26.1 Å². The van der Waals surface area contributed by atoms with Gasteiger partial charge in [0.05, 0.1) is 12.2 Å². The van der Waals surface area contributed by atoms with Gasteiger partial charge in [-0.2, -0.15) is 9.90 Å². The van der Waals surface area contributed by atoms with E-state index in [0.29, 0.717) is 11.1 Å². The van der Waals surface area contributed by atoms with Crippen molar-refractivity contribution in [1.29, 1.82) is 0 Å². The van der Waals surface area contributed by atoms with Crippen molar-refractivity contribution in [3.63, 3.8) is 0 Å². The maximum atomic E-state index is 12.0. The number of nitrogens with zero attached hydrogens (tertiary/aromatic N) is 4. The van der Waals surface area contributed by atoms with Gasteiger partial charge in [0.1, 0.15) is 10.2 Å². The van der Waals surface area contributed by atoms with E-state index in [0.717, 1.165) is 19.4 Å². The molecule has 1 aromatic heterocycles. The Bertz CT molecular complexity index is 455. The van der Waals surface area contributed by atoms with Crippen LogP contribution in [0, 0.1) is 0 Å². The van der Waals surface area contributed by atoms with E-state index in [1.54, 1.807) is 15.9 Å². The molecule has 1 saturated heterocycles. The summed E-state index contributed by atoms with van der Waals surface area (Å²) >= 11 is 3.28. The molecule has 6 nitrogen and oxygen atoms in total. The van der Waals surface area contributed by atoms with Crippen molar-refractivity contribution in [3.8, 4) is 0 Å². The minimum absolute atomic E-state index is 0.118. The number of carbonyl (C=O) groups is 1. The van der Waals surface area contributed by atoms with Crippen LogP contribution in [0.3, 0.4) is 0 Å². The van der Waals surface area contributed by atoms with Crippen molar-refractivity contribution in [3.05, 3.63) is 10.8 Å². The topological polar surface area (TPSA) is 60.2 Å². The van der Waals surface area contributed by atoms with Gasteiger partial charge in [-0.3, -0.25) is 0 Å². The monoisotopic (exact) mass is 330 g/mol. The van der Waals surface area contributed by atoms with Gasteiger partial charge >= 0.3 is 6.09 Å². The molecule has 2 rings (SSSR count). The van der Waals surface area contributed by atoms with Gasteiger partial charge in [-0.05, 0) is 49.5 Å². The maximum Gasteiger partial charge on any atom is 0.410 e. The summed E-state index contributed by atoms with van der Waals surface area (Å²) in [5, 5.41) is 8.43. The molecule has 2 heterocycles. The summed E-state index contributed by atoms with van der Waals surface area (Å²) < 4.78 is 6.10. The molecule has 0 N–H and O–H groups in total. The quantitative estimate of drug-likeness (QED) is 0.794. The third kappa shape index (κ3) is 3.92. The first-order chi connectivity index (χ1) is 8.85. The summed E-state index contributed by atoms with van der Waals surface area (Å²) in [4.78, 5) is 15.4. The van der Waals surface area contributed by atoms with Gasteiger partial charge in [-0.25, -0.2) is 4.79 Å². The summed E-state index contributed by atoms with van der Waals surface area (Å²) in [5.41, 5.74) is -0.461. The summed E-state index contributed by atoms with van der Waals surface area (Å²) in [7, 11) is 0. The van der Waals surface area contributed by atoms with E-state index in [9.17, 15) is 4.79 Å². The van der Waals surface area contributed by atoms with Gasteiger partial charge in [0.15, 0.2) is 0 Å². The van der Waals surface area contributed by atoms with Gasteiger partial charge in [0.25, 0.3) is 0 Å². The van der Waals surface area contributed by atoms with Crippen molar-refractivity contribution in [2.24, 2.45) is 0 Å². The molecule has 1 aliphatic heterocycles. The molecule has 1 aromatic rings. The predicted molar refractivity (Wildman–Crippen MR) is 73.8 cm³/mol. The van der Waals surface area contributed by atoms with Crippen molar-refractivity contribution in [2.45, 2.75) is 45.3 Å². The third-order valence-corrected chi connectivity index (χ3v) is 3.22. The number of aromatic nitrogens is 3. The molecule has 0 aromatic carbocycles. The fourth-order valence-corrected chi connectivity index (χ4v) is 2.32. The lowest BCUT2D eigenvalue weighted by Gasteiger charge is -2.33. The molecule has 0 saturated carbocycles. The first-order valence-corrected chi connectivity index (χ1v) is 7.20. The molecule has 7 heteroatoms. The summed E-state index contributed by atoms with van der Waals surface area (Å²) in [6.45, 7) is 6.94. The lowest BCUT2D eigenvalue weighted by Crippen LogP contribution is -2.43. The van der Waals surface area contributed by atoms with Gasteiger partial charge in [0.2, 0.25) is 0 Å². The van der Waals surface area contributed by atoms with Crippen LogP contribution in [-0.2, 0) is 4.74 Å². The van der Waals surface area contributed by atoms with Crippen molar-refractivity contribution < 1.29 is 9.53 Å². The van der Waals surface area contributed by atoms with Crippen LogP contribution in [0.5, 0.6) is 0 Å². The SMILES string of the molecule is CC(C)(C)OC(=O)N1CCC[C@H](n2ncc(Br)n2)C1. The summed E-state index contributed by atoms with van der Waals surface area (Å²) in [5.74, 6) is 0. The molecule has 1 atom stereocenters. The first kappa shape index (κ1) is 14.3. The number of likely N-dealkylation sites (tertiary alicyclic amines) is 1. The predicted octanol–water partition coefficient (Wildman–Crippen LogP) is 2.61. The second kappa shape index (κ2) is 5.48. The maximum absolute atomic E-state index is 12.0. The Labute approximate surface area is 121 Å². The van der Waals surface area contributed by atoms with Gasteiger partial charge in [-0.1, -0.05) is 0 Å². The first-order valence-electron chi connectivity index (χ1n) is 6.40. The number of carbonyl (C=O) groups excluding carboxylic acids is 1. The van der Waals surface area contributed by atoms with Crippen LogP contribution in [0.4, 0.5) is 4.79 Å². The number of amides is 1. The average molecular weight is 331 g/mol. The Balaban J connectivity index is 1.99. The van der Waals surface area contributed by atoms with Gasteiger partial charge in [-0.15, -0.1) is 5.10 Å². The fourth-order valence-electron chi connectivity index (χ4n) is 2.07. The van der Waals surface area contributed by atoms with E-state index in [1.807, 2.05) is 20.8 Å². The standard InChI is InChI=1S/C12H19BrN4O2/c1-12(2,3)19-11(18)16-6-4-5-9(8-16)17-14-7-10(13)15-17/h7,9H,4-6,8H2,1-3H3/t9-/m0/s1. The number of halogens is 1. The molecular weight excluding hydrogens is 312 g/mol. The molecule has 19 heavy (non-hydrogen) atoms. The minimum Gasteiger partial charge on any atom is -0.444 e. The number of rotatable bonds is 1. The number of hydrogen-bond acceptors (Lipinski definition) is 4. The molecule has 0 spiro atoms. The van der Waals surface area contributed by atoms with Crippen molar-refractivity contribution >= 4 is 22.0 Å². The van der Waals surface area contributed by atoms with Crippen LogP contribution in [-0.4, -0.2) is 44.7 Å². The number of piperidine rings is 1. The third-order valence-electron chi connectivity index (χ3n) is 2.86. The highest BCUT2D eigenvalue weighted by Gasteiger charge is 2.29. The van der Waals surface area contributed by atoms with Crippen LogP contribution in [0.15, 0.2) is 10.8 Å². The van der Waals surface area contributed by atoms with Crippen LogP contribution in [0.1, 0.15) is 39.7 Å². The molecule has 0 unspecified atom stereocenters. The molecule has 1 fully saturated rings. The van der Waals surface area contributed by atoms with Crippen LogP contribution < -0.4 is 0 Å². The smallest absolute Gasteiger partial charge is 0.410 e. The molecule has 1 aliphatic rings. The fraction of sp³-hybridized carbons (Fsp3) is 0.750. The minimum atomic E-state index is -0.461. The highest BCUT2D eigenvalue weighted by Crippen LogP contribution is 2.22. The number of hydrogen-bond donors (Lipinski definition) is 0. The zero-order valence-corrected chi connectivity index (χ0v) is 13.1. The van der Waals surface area contributed by atoms with E-state index in [1.165, 1.54) is 0 Å². The van der Waals surface area contributed by atoms with Crippen LogP contribution in [0.25, 0.3) is 0 Å². The highest BCUT2D eigenvalue weighted by atomic mass is 79.9. The number of ether oxygens (including phenoxy) is 1. The largest absolute Gasteiger partial charge is 0.444 e. The Kier molecular flexibility index (Phi) is 4.13. The van der Waals surface area contributed by atoms with E-state index >= 15 is 0 Å². The Morgan fingerprint density at radius 1 is 1.53 bits per heavy atom. The summed E-state index contributed by atoms with van der Waals surface area (Å²) in [6, 6.07) is 0.118. The Hall–Kier alpha value is -1.11. The summed E-state index contributed by atoms with van der Waals surface area (Å²) in [6.07, 6.45) is 3.30. The van der Waals surface area contributed by atoms with Crippen LogP contribution >= 0.6 is 15.9 Å². The normalized spacial score (nSPS) is 20.4. The average Bonchev–Trinajstić information content (AvgIpc) is 2.74. The lowest BCUT2D eigenvalue weighted by atomic mass is 10.1. The van der Waals surface area contributed by atoms with Crippen LogP contribution in [0.2, 0.25) is 0 Å². The van der Waals surface area contributed by atoms with Gasteiger partial charge in [0, 0.05) is 13.1 Å². The molecular formula is C12H19BrN4O2. The molecule has 106 valence electrons. The molecule has 0 bridgehead atoms. The molecule has 0 aliphatic carbocycles. The van der Waals surface area contributed by atoms with E-state index < -0.39 is 5.60 Å². The zero-order valence-electron chi connectivity index (χ0n) is 11.5. The molecule has 0 radical (unpaired) electrons. The van der Waals surface area contributed by atoms with Crippen molar-refractivity contribution in [1.82, 2.24) is 19.9 Å². The second-order valence-electron chi connectivity index (χ2n) is 5.71. The van der Waals surface area contributed by atoms with Gasteiger partial charge < -0.3 is 9.64 Å². The van der Waals surface area contributed by atoms with E-state index in [4.69, 9.17) is 4.74 Å². The molecule has 1 amide bonds. The van der Waals surface area contributed by atoms with E-state index in [-0.39, 0.29) is 12.1 Å². The Morgan fingerprint density at radius 2 is 2.26 bits per heavy atom. The zero-order chi connectivity index (χ0) is 14.0.